The predicted molar refractivity (Wildman–Crippen MR) is 54.9 cm³/mol. The van der Waals surface area contributed by atoms with E-state index < -0.39 is 0 Å². The van der Waals surface area contributed by atoms with E-state index in [0.29, 0.717) is 6.04 Å². The minimum atomic E-state index is 0.583. The lowest BCUT2D eigenvalue weighted by atomic mass is 10.1. The molecule has 0 rings (SSSR count). The zero-order valence-electron chi connectivity index (χ0n) is 8.71. The average Bonchev–Trinajstić information content (AvgIpc) is 2.05. The van der Waals surface area contributed by atoms with Gasteiger partial charge < -0.3 is 4.79 Å². The SMILES string of the molecule is CC=NC(CC)CCC.CC=O. The highest BCUT2D eigenvalue weighted by Gasteiger charge is 1.97. The molecule has 0 aliphatic rings. The number of nitrogens with zero attached hydrogens (tertiary/aromatic N) is 1. The molecule has 0 aromatic rings. The van der Waals surface area contributed by atoms with Gasteiger partial charge in [0.25, 0.3) is 0 Å². The first kappa shape index (κ1) is 13.9. The number of rotatable bonds is 4. The van der Waals surface area contributed by atoms with Crippen molar-refractivity contribution in [2.24, 2.45) is 4.99 Å². The molecule has 0 amide bonds. The van der Waals surface area contributed by atoms with Gasteiger partial charge in [0.2, 0.25) is 0 Å². The normalized spacial score (nSPS) is 12.0. The maximum Gasteiger partial charge on any atom is 0.116 e. The van der Waals surface area contributed by atoms with Gasteiger partial charge in [0, 0.05) is 6.04 Å². The highest BCUT2D eigenvalue weighted by molar-refractivity contribution is 5.53. The van der Waals surface area contributed by atoms with E-state index in [4.69, 9.17) is 4.79 Å². The van der Waals surface area contributed by atoms with Crippen LogP contribution in [0.1, 0.15) is 47.0 Å². The Morgan fingerprint density at radius 2 is 1.83 bits per heavy atom. The van der Waals surface area contributed by atoms with Crippen molar-refractivity contribution in [3.8, 4) is 0 Å². The van der Waals surface area contributed by atoms with Gasteiger partial charge in [-0.1, -0.05) is 20.3 Å². The Balaban J connectivity index is 0. The van der Waals surface area contributed by atoms with Gasteiger partial charge in [0.1, 0.15) is 6.29 Å². The monoisotopic (exact) mass is 171 g/mol. The maximum absolute atomic E-state index is 8.81. The predicted octanol–water partition coefficient (Wildman–Crippen LogP) is 2.86. The van der Waals surface area contributed by atoms with Crippen LogP contribution in [0.4, 0.5) is 0 Å². The van der Waals surface area contributed by atoms with Crippen LogP contribution < -0.4 is 0 Å². The lowest BCUT2D eigenvalue weighted by Gasteiger charge is -2.05. The van der Waals surface area contributed by atoms with E-state index in [0.717, 1.165) is 6.29 Å². The molecule has 0 aromatic heterocycles. The standard InChI is InChI=1S/C8H17N.C2H4O/c1-4-7-8(5-2)9-6-3;1-2-3/h6,8H,4-5,7H2,1-3H3;2H,1H3. The number of carbonyl (C=O) groups is 1. The van der Waals surface area contributed by atoms with Crippen molar-refractivity contribution < 1.29 is 4.79 Å². The summed E-state index contributed by atoms with van der Waals surface area (Å²) >= 11 is 0. The fourth-order valence-corrected chi connectivity index (χ4v) is 0.928. The van der Waals surface area contributed by atoms with Gasteiger partial charge in [-0.15, -0.1) is 0 Å². The molecule has 0 spiro atoms. The molecule has 0 N–H and O–H groups in total. The molecular weight excluding hydrogens is 150 g/mol. The lowest BCUT2D eigenvalue weighted by Crippen LogP contribution is -2.00. The van der Waals surface area contributed by atoms with Crippen molar-refractivity contribution in [1.29, 1.82) is 0 Å². The summed E-state index contributed by atoms with van der Waals surface area (Å²) in [6.45, 7) is 7.82. The van der Waals surface area contributed by atoms with Crippen molar-refractivity contribution in [3.63, 3.8) is 0 Å². The Hall–Kier alpha value is -0.660. The molecular formula is C10H21NO. The van der Waals surface area contributed by atoms with Crippen molar-refractivity contribution in [1.82, 2.24) is 0 Å². The van der Waals surface area contributed by atoms with Gasteiger partial charge in [-0.25, -0.2) is 0 Å². The molecule has 2 heteroatoms. The molecule has 0 bridgehead atoms. The van der Waals surface area contributed by atoms with Crippen LogP contribution in [0.15, 0.2) is 4.99 Å². The van der Waals surface area contributed by atoms with Crippen LogP contribution in [-0.2, 0) is 4.79 Å². The van der Waals surface area contributed by atoms with Gasteiger partial charge in [-0.2, -0.15) is 0 Å². The van der Waals surface area contributed by atoms with Crippen molar-refractivity contribution in [3.05, 3.63) is 0 Å². The van der Waals surface area contributed by atoms with Crippen molar-refractivity contribution in [2.45, 2.75) is 53.0 Å². The van der Waals surface area contributed by atoms with Crippen molar-refractivity contribution >= 4 is 12.5 Å². The number of aliphatic imine (C=N–C) groups is 1. The topological polar surface area (TPSA) is 29.4 Å². The molecule has 0 aliphatic carbocycles. The van der Waals surface area contributed by atoms with Crippen LogP contribution in [-0.4, -0.2) is 18.5 Å². The summed E-state index contributed by atoms with van der Waals surface area (Å²) in [5, 5.41) is 0. The molecule has 0 heterocycles. The highest BCUT2D eigenvalue weighted by atomic mass is 16.1. The van der Waals surface area contributed by atoms with Crippen LogP contribution in [0, 0.1) is 0 Å². The van der Waals surface area contributed by atoms with Crippen LogP contribution in [0.2, 0.25) is 0 Å². The number of carbonyl (C=O) groups excluding carboxylic acids is 1. The molecule has 0 aromatic carbocycles. The second kappa shape index (κ2) is 13.0. The lowest BCUT2D eigenvalue weighted by molar-refractivity contribution is -0.106. The summed E-state index contributed by atoms with van der Waals surface area (Å²) in [7, 11) is 0. The summed E-state index contributed by atoms with van der Waals surface area (Å²) < 4.78 is 0. The molecule has 1 unspecified atom stereocenters. The third-order valence-corrected chi connectivity index (χ3v) is 1.45. The first-order valence-corrected chi connectivity index (χ1v) is 4.64. The fourth-order valence-electron chi connectivity index (χ4n) is 0.928. The van der Waals surface area contributed by atoms with Crippen molar-refractivity contribution in [2.75, 3.05) is 0 Å². The number of hydrogen-bond donors (Lipinski definition) is 0. The van der Waals surface area contributed by atoms with E-state index >= 15 is 0 Å². The summed E-state index contributed by atoms with van der Waals surface area (Å²) in [4.78, 5) is 13.1. The quantitative estimate of drug-likeness (QED) is 0.472. The minimum Gasteiger partial charge on any atom is -0.304 e. The zero-order chi connectivity index (χ0) is 9.82. The Labute approximate surface area is 76.1 Å². The molecule has 1 atom stereocenters. The zero-order valence-corrected chi connectivity index (χ0v) is 8.71. The molecule has 0 saturated heterocycles. The summed E-state index contributed by atoms with van der Waals surface area (Å²) in [5.41, 5.74) is 0. The summed E-state index contributed by atoms with van der Waals surface area (Å²) in [6, 6.07) is 0.583. The van der Waals surface area contributed by atoms with Crippen LogP contribution in [0.5, 0.6) is 0 Å². The van der Waals surface area contributed by atoms with E-state index in [1.807, 2.05) is 13.1 Å². The third-order valence-electron chi connectivity index (χ3n) is 1.45. The largest absolute Gasteiger partial charge is 0.304 e. The minimum absolute atomic E-state index is 0.583. The Morgan fingerprint density at radius 1 is 1.33 bits per heavy atom. The molecule has 2 nitrogen and oxygen atoms in total. The summed E-state index contributed by atoms with van der Waals surface area (Å²) in [6.07, 6.45) is 6.32. The van der Waals surface area contributed by atoms with Gasteiger partial charge in [-0.05, 0) is 32.9 Å². The van der Waals surface area contributed by atoms with E-state index in [9.17, 15) is 0 Å². The van der Waals surface area contributed by atoms with Gasteiger partial charge in [0.05, 0.1) is 0 Å². The maximum atomic E-state index is 8.81. The van der Waals surface area contributed by atoms with Crippen LogP contribution in [0.3, 0.4) is 0 Å². The second-order valence-electron chi connectivity index (χ2n) is 2.49. The molecule has 0 fully saturated rings. The second-order valence-corrected chi connectivity index (χ2v) is 2.49. The first-order chi connectivity index (χ1) is 5.76. The Morgan fingerprint density at radius 3 is 2.08 bits per heavy atom. The van der Waals surface area contributed by atoms with E-state index in [2.05, 4.69) is 18.8 Å². The van der Waals surface area contributed by atoms with E-state index in [-0.39, 0.29) is 0 Å². The first-order valence-electron chi connectivity index (χ1n) is 4.64. The molecule has 12 heavy (non-hydrogen) atoms. The smallest absolute Gasteiger partial charge is 0.116 e. The fraction of sp³-hybridized carbons (Fsp3) is 0.800. The number of hydrogen-bond acceptors (Lipinski definition) is 2. The van der Waals surface area contributed by atoms with Gasteiger partial charge in [-0.3, -0.25) is 4.99 Å². The van der Waals surface area contributed by atoms with Crippen LogP contribution >= 0.6 is 0 Å². The van der Waals surface area contributed by atoms with Crippen LogP contribution in [0.25, 0.3) is 0 Å². The summed E-state index contributed by atoms with van der Waals surface area (Å²) in [5.74, 6) is 0. The molecule has 72 valence electrons. The Kier molecular flexibility index (Phi) is 15.0. The third kappa shape index (κ3) is 12.1. The van der Waals surface area contributed by atoms with E-state index in [1.54, 1.807) is 0 Å². The number of aldehydes is 1. The molecule has 0 aliphatic heterocycles. The van der Waals surface area contributed by atoms with Gasteiger partial charge in [0.15, 0.2) is 0 Å². The van der Waals surface area contributed by atoms with Gasteiger partial charge >= 0.3 is 0 Å². The molecule has 0 saturated carbocycles. The Bertz CT molecular complexity index is 110. The van der Waals surface area contributed by atoms with E-state index in [1.165, 1.54) is 26.2 Å². The molecule has 0 radical (unpaired) electrons. The highest BCUT2D eigenvalue weighted by Crippen LogP contribution is 2.04. The average molecular weight is 171 g/mol.